The maximum atomic E-state index is 11.8. The minimum atomic E-state index is -4.28. The minimum Gasteiger partial charge on any atom is -0.491 e. The van der Waals surface area contributed by atoms with E-state index in [4.69, 9.17) is 4.74 Å². The van der Waals surface area contributed by atoms with Gasteiger partial charge in [0.1, 0.15) is 19.0 Å². The summed E-state index contributed by atoms with van der Waals surface area (Å²) in [6.45, 7) is 2.97. The molecule has 0 aromatic heterocycles. The van der Waals surface area contributed by atoms with Gasteiger partial charge in [-0.3, -0.25) is 0 Å². The lowest BCUT2D eigenvalue weighted by Gasteiger charge is -2.10. The Labute approximate surface area is 105 Å². The van der Waals surface area contributed by atoms with E-state index in [1.165, 1.54) is 5.56 Å². The highest BCUT2D eigenvalue weighted by molar-refractivity contribution is 5.28. The topological polar surface area (TPSA) is 18.5 Å². The molecule has 0 unspecified atom stereocenters. The second-order valence-corrected chi connectivity index (χ2v) is 4.24. The molecule has 0 atom stereocenters. The maximum absolute atomic E-state index is 11.8. The molecule has 0 saturated carbocycles. The second-order valence-electron chi connectivity index (χ2n) is 4.24. The molecule has 18 heavy (non-hydrogen) atoms. The summed E-state index contributed by atoms with van der Waals surface area (Å²) in [5.41, 5.74) is 1.19. The average Bonchev–Trinajstić information content (AvgIpc) is 2.27. The van der Waals surface area contributed by atoms with Gasteiger partial charge in [0.15, 0.2) is 0 Å². The number of halogens is 3. The highest BCUT2D eigenvalue weighted by Crippen LogP contribution is 2.18. The molecule has 1 aromatic carbocycles. The zero-order valence-electron chi connectivity index (χ0n) is 10.5. The second kappa shape index (κ2) is 6.64. The molecule has 0 aliphatic rings. The summed E-state index contributed by atoms with van der Waals surface area (Å²) in [6.07, 6.45) is -4.28. The number of rotatable bonds is 6. The van der Waals surface area contributed by atoms with Crippen molar-refractivity contribution in [3.8, 4) is 5.75 Å². The fourth-order valence-corrected chi connectivity index (χ4v) is 1.36. The van der Waals surface area contributed by atoms with Crippen molar-refractivity contribution in [2.75, 3.05) is 19.8 Å². The molecule has 0 radical (unpaired) electrons. The molecule has 5 heteroatoms. The molecular weight excluding hydrogens is 245 g/mol. The lowest BCUT2D eigenvalue weighted by Crippen LogP contribution is -2.19. The monoisotopic (exact) mass is 262 g/mol. The number of alkyl halides is 3. The summed E-state index contributed by atoms with van der Waals surface area (Å²) in [6, 6.07) is 7.49. The zero-order chi connectivity index (χ0) is 13.6. The van der Waals surface area contributed by atoms with E-state index in [2.05, 4.69) is 18.6 Å². The van der Waals surface area contributed by atoms with E-state index in [1.54, 1.807) is 12.1 Å². The van der Waals surface area contributed by atoms with Gasteiger partial charge >= 0.3 is 6.18 Å². The lowest BCUT2D eigenvalue weighted by atomic mass is 10.0. The fraction of sp³-hybridized carbons (Fsp3) is 0.538. The molecule has 0 aliphatic heterocycles. The van der Waals surface area contributed by atoms with Crippen LogP contribution in [0, 0.1) is 0 Å². The van der Waals surface area contributed by atoms with Crippen LogP contribution in [0.1, 0.15) is 25.3 Å². The normalized spacial score (nSPS) is 11.9. The number of hydrogen-bond acceptors (Lipinski definition) is 2. The third kappa shape index (κ3) is 5.91. The molecule has 0 N–H and O–H groups in total. The highest BCUT2D eigenvalue weighted by atomic mass is 19.4. The van der Waals surface area contributed by atoms with Crippen LogP contribution in [-0.2, 0) is 4.74 Å². The summed E-state index contributed by atoms with van der Waals surface area (Å²) >= 11 is 0. The quantitative estimate of drug-likeness (QED) is 0.726. The van der Waals surface area contributed by atoms with Crippen LogP contribution in [0.5, 0.6) is 5.75 Å². The summed E-state index contributed by atoms with van der Waals surface area (Å²) in [5.74, 6) is 1.07. The van der Waals surface area contributed by atoms with Gasteiger partial charge < -0.3 is 9.47 Å². The standard InChI is InChI=1S/C13H17F3O2/c1-10(2)11-3-5-12(6-4-11)18-8-7-17-9-13(14,15)16/h3-6,10H,7-9H2,1-2H3. The predicted octanol–water partition coefficient (Wildman–Crippen LogP) is 3.77. The third-order valence-electron chi connectivity index (χ3n) is 2.31. The molecule has 2 nitrogen and oxygen atoms in total. The van der Waals surface area contributed by atoms with Crippen molar-refractivity contribution in [3.63, 3.8) is 0 Å². The first-order valence-corrected chi connectivity index (χ1v) is 5.76. The van der Waals surface area contributed by atoms with Gasteiger partial charge in [-0.15, -0.1) is 0 Å². The van der Waals surface area contributed by atoms with Gasteiger partial charge in [0.05, 0.1) is 6.61 Å². The van der Waals surface area contributed by atoms with Crippen molar-refractivity contribution in [1.29, 1.82) is 0 Å². The third-order valence-corrected chi connectivity index (χ3v) is 2.31. The van der Waals surface area contributed by atoms with E-state index in [9.17, 15) is 13.2 Å². The number of ether oxygens (including phenoxy) is 2. The van der Waals surface area contributed by atoms with E-state index in [-0.39, 0.29) is 13.2 Å². The Morgan fingerprint density at radius 1 is 1.06 bits per heavy atom. The average molecular weight is 262 g/mol. The first-order valence-electron chi connectivity index (χ1n) is 5.76. The van der Waals surface area contributed by atoms with Crippen LogP contribution in [0.15, 0.2) is 24.3 Å². The van der Waals surface area contributed by atoms with Crippen LogP contribution >= 0.6 is 0 Å². The molecule has 1 aromatic rings. The van der Waals surface area contributed by atoms with Crippen LogP contribution in [0.2, 0.25) is 0 Å². The summed E-state index contributed by atoms with van der Waals surface area (Å²) < 4.78 is 45.0. The van der Waals surface area contributed by atoms with Gasteiger partial charge in [-0.05, 0) is 23.6 Å². The molecule has 0 fully saturated rings. The van der Waals surface area contributed by atoms with Crippen LogP contribution in [0.3, 0.4) is 0 Å². The zero-order valence-corrected chi connectivity index (χ0v) is 10.5. The van der Waals surface area contributed by atoms with E-state index >= 15 is 0 Å². The maximum Gasteiger partial charge on any atom is 0.411 e. The summed E-state index contributed by atoms with van der Waals surface area (Å²) in [4.78, 5) is 0. The van der Waals surface area contributed by atoms with E-state index in [1.807, 2.05) is 12.1 Å². The minimum absolute atomic E-state index is 0.0779. The Bertz CT molecular complexity index is 344. The predicted molar refractivity (Wildman–Crippen MR) is 62.9 cm³/mol. The number of benzene rings is 1. The highest BCUT2D eigenvalue weighted by Gasteiger charge is 2.27. The lowest BCUT2D eigenvalue weighted by molar-refractivity contribution is -0.175. The molecule has 1 rings (SSSR count). The fourth-order valence-electron chi connectivity index (χ4n) is 1.36. The first-order chi connectivity index (χ1) is 8.38. The van der Waals surface area contributed by atoms with Crippen molar-refractivity contribution in [2.24, 2.45) is 0 Å². The molecule has 0 bridgehead atoms. The van der Waals surface area contributed by atoms with Gasteiger partial charge in [-0.2, -0.15) is 13.2 Å². The summed E-state index contributed by atoms with van der Waals surface area (Å²) in [7, 11) is 0. The molecule has 0 saturated heterocycles. The Kier molecular flexibility index (Phi) is 5.47. The van der Waals surface area contributed by atoms with E-state index in [0.717, 1.165) is 0 Å². The molecule has 0 spiro atoms. The van der Waals surface area contributed by atoms with E-state index < -0.39 is 12.8 Å². The van der Waals surface area contributed by atoms with Gasteiger partial charge in [-0.1, -0.05) is 26.0 Å². The van der Waals surface area contributed by atoms with Gasteiger partial charge in [0.25, 0.3) is 0 Å². The first kappa shape index (κ1) is 14.8. The van der Waals surface area contributed by atoms with Crippen molar-refractivity contribution >= 4 is 0 Å². The molecule has 102 valence electrons. The van der Waals surface area contributed by atoms with Crippen LogP contribution in [-0.4, -0.2) is 26.0 Å². The van der Waals surface area contributed by atoms with Gasteiger partial charge in [0, 0.05) is 0 Å². The number of hydrogen-bond donors (Lipinski definition) is 0. The molecular formula is C13H17F3O2. The van der Waals surface area contributed by atoms with Crippen molar-refractivity contribution < 1.29 is 22.6 Å². The molecule has 0 amide bonds. The smallest absolute Gasteiger partial charge is 0.411 e. The Hall–Kier alpha value is -1.23. The van der Waals surface area contributed by atoms with Crippen LogP contribution < -0.4 is 4.74 Å². The van der Waals surface area contributed by atoms with Gasteiger partial charge in [-0.25, -0.2) is 0 Å². The van der Waals surface area contributed by atoms with Crippen molar-refractivity contribution in [2.45, 2.75) is 25.9 Å². The van der Waals surface area contributed by atoms with Gasteiger partial charge in [0.2, 0.25) is 0 Å². The van der Waals surface area contributed by atoms with Crippen LogP contribution in [0.25, 0.3) is 0 Å². The summed E-state index contributed by atoms with van der Waals surface area (Å²) in [5, 5.41) is 0. The van der Waals surface area contributed by atoms with E-state index in [0.29, 0.717) is 11.7 Å². The van der Waals surface area contributed by atoms with Crippen molar-refractivity contribution in [1.82, 2.24) is 0 Å². The molecule has 0 aliphatic carbocycles. The Morgan fingerprint density at radius 3 is 2.17 bits per heavy atom. The van der Waals surface area contributed by atoms with Crippen LogP contribution in [0.4, 0.5) is 13.2 Å². The largest absolute Gasteiger partial charge is 0.491 e. The Morgan fingerprint density at radius 2 is 1.67 bits per heavy atom. The molecule has 0 heterocycles. The SMILES string of the molecule is CC(C)c1ccc(OCCOCC(F)(F)F)cc1. The Balaban J connectivity index is 2.23. The van der Waals surface area contributed by atoms with Crippen molar-refractivity contribution in [3.05, 3.63) is 29.8 Å².